The van der Waals surface area contributed by atoms with E-state index < -0.39 is 0 Å². The molecule has 2 aromatic rings. The Morgan fingerprint density at radius 3 is 2.57 bits per heavy atom. The van der Waals surface area contributed by atoms with Crippen LogP contribution in [0.2, 0.25) is 0 Å². The zero-order valence-electron chi connectivity index (χ0n) is 21.5. The van der Waals surface area contributed by atoms with Gasteiger partial charge in [-0.15, -0.1) is 0 Å². The van der Waals surface area contributed by atoms with Gasteiger partial charge in [-0.05, 0) is 87.1 Å². The molecule has 1 aromatic carbocycles. The summed E-state index contributed by atoms with van der Waals surface area (Å²) in [6.45, 7) is 9.46. The number of allylic oxidation sites excluding steroid dienone is 1. The van der Waals surface area contributed by atoms with Crippen LogP contribution < -0.4 is 15.5 Å². The summed E-state index contributed by atoms with van der Waals surface area (Å²) in [4.78, 5) is 31.9. The number of anilines is 2. The first-order chi connectivity index (χ1) is 16.9. The summed E-state index contributed by atoms with van der Waals surface area (Å²) in [6.07, 6.45) is 9.70. The number of aromatic nitrogens is 1. The molecule has 4 rings (SSSR count). The van der Waals surface area contributed by atoms with Crippen LogP contribution in [-0.2, 0) is 9.59 Å². The van der Waals surface area contributed by atoms with Crippen molar-refractivity contribution in [1.29, 1.82) is 0 Å². The van der Waals surface area contributed by atoms with Crippen LogP contribution in [-0.4, -0.2) is 36.4 Å². The molecule has 35 heavy (non-hydrogen) atoms. The van der Waals surface area contributed by atoms with Crippen molar-refractivity contribution in [3.05, 3.63) is 41.5 Å². The second-order valence-electron chi connectivity index (χ2n) is 10.6. The van der Waals surface area contributed by atoms with Gasteiger partial charge in [-0.1, -0.05) is 25.5 Å². The largest absolute Gasteiger partial charge is 0.356 e. The fourth-order valence-electron chi connectivity index (χ4n) is 5.50. The molecule has 1 saturated heterocycles. The number of piperidine rings is 1. The van der Waals surface area contributed by atoms with E-state index in [1.54, 1.807) is 0 Å². The monoisotopic (exact) mass is 476 g/mol. The van der Waals surface area contributed by atoms with Crippen molar-refractivity contribution in [2.75, 3.05) is 29.9 Å². The number of rotatable bonds is 8. The molecule has 188 valence electrons. The van der Waals surface area contributed by atoms with Gasteiger partial charge < -0.3 is 15.5 Å². The number of carbonyl (C=O) groups is 2. The van der Waals surface area contributed by atoms with Crippen molar-refractivity contribution in [2.24, 2.45) is 11.8 Å². The minimum absolute atomic E-state index is 0.0657. The number of hydrogen-bond donors (Lipinski definition) is 2. The molecule has 2 aliphatic rings. The first kappa shape index (κ1) is 25.2. The Morgan fingerprint density at radius 1 is 1.06 bits per heavy atom. The Labute approximate surface area is 209 Å². The molecule has 0 saturated carbocycles. The quantitative estimate of drug-likeness (QED) is 0.476. The number of nitrogens with one attached hydrogen (secondary N) is 2. The molecule has 6 nitrogen and oxygen atoms in total. The summed E-state index contributed by atoms with van der Waals surface area (Å²) in [7, 11) is 0. The Balaban J connectivity index is 1.29. The number of aryl methyl sites for hydroxylation is 1. The molecule has 0 spiro atoms. The van der Waals surface area contributed by atoms with E-state index in [9.17, 15) is 9.59 Å². The number of fused-ring (bicyclic) bond motifs is 1. The van der Waals surface area contributed by atoms with Crippen molar-refractivity contribution in [3.63, 3.8) is 0 Å². The standard InChI is InChI=1S/C29H40N4O2/c1-20-15-21(2)19-33(18-20)27-16-22(3)25-17-24(9-10-26(25)32-27)31-29(35)12-11-28(34)30-14-13-23-7-5-4-6-8-23/h7,9-10,16-17,20-21H,4-6,8,11-15,18-19H2,1-3H3,(H,30,34)(H,31,35)/t20-,21-/m1/s1. The van der Waals surface area contributed by atoms with Gasteiger partial charge in [0.15, 0.2) is 0 Å². The molecule has 2 heterocycles. The topological polar surface area (TPSA) is 74.3 Å². The predicted octanol–water partition coefficient (Wildman–Crippen LogP) is 5.75. The highest BCUT2D eigenvalue weighted by atomic mass is 16.2. The summed E-state index contributed by atoms with van der Waals surface area (Å²) in [5.41, 5.74) is 4.28. The van der Waals surface area contributed by atoms with Gasteiger partial charge in [0, 0.05) is 43.5 Å². The van der Waals surface area contributed by atoms with Crippen LogP contribution in [0.15, 0.2) is 35.9 Å². The van der Waals surface area contributed by atoms with E-state index in [1.165, 1.54) is 24.8 Å². The third kappa shape index (κ3) is 7.06. The smallest absolute Gasteiger partial charge is 0.224 e. The van der Waals surface area contributed by atoms with E-state index >= 15 is 0 Å². The van der Waals surface area contributed by atoms with Gasteiger partial charge in [-0.3, -0.25) is 9.59 Å². The molecule has 1 aliphatic carbocycles. The van der Waals surface area contributed by atoms with E-state index in [2.05, 4.69) is 48.4 Å². The van der Waals surface area contributed by atoms with E-state index in [0.29, 0.717) is 18.4 Å². The van der Waals surface area contributed by atoms with Crippen LogP contribution in [0.4, 0.5) is 11.5 Å². The molecule has 2 N–H and O–H groups in total. The molecule has 0 radical (unpaired) electrons. The second-order valence-corrected chi connectivity index (χ2v) is 10.6. The summed E-state index contributed by atoms with van der Waals surface area (Å²) < 4.78 is 0. The van der Waals surface area contributed by atoms with Crippen molar-refractivity contribution in [1.82, 2.24) is 10.3 Å². The average molecular weight is 477 g/mol. The Bertz CT molecular complexity index is 1080. The maximum Gasteiger partial charge on any atom is 0.224 e. The number of hydrogen-bond acceptors (Lipinski definition) is 4. The first-order valence-corrected chi connectivity index (χ1v) is 13.3. The lowest BCUT2D eigenvalue weighted by Crippen LogP contribution is -2.39. The van der Waals surface area contributed by atoms with Gasteiger partial charge in [-0.25, -0.2) is 4.98 Å². The molecule has 1 fully saturated rings. The lowest BCUT2D eigenvalue weighted by molar-refractivity contribution is -0.124. The number of amides is 2. The van der Waals surface area contributed by atoms with Crippen LogP contribution in [0.25, 0.3) is 10.9 Å². The van der Waals surface area contributed by atoms with Gasteiger partial charge in [0.25, 0.3) is 0 Å². The number of pyridine rings is 1. The average Bonchev–Trinajstić information content (AvgIpc) is 2.83. The zero-order valence-corrected chi connectivity index (χ0v) is 21.5. The fraction of sp³-hybridized carbons (Fsp3) is 0.552. The van der Waals surface area contributed by atoms with Gasteiger partial charge in [0.2, 0.25) is 11.8 Å². The molecule has 6 heteroatoms. The highest BCUT2D eigenvalue weighted by Gasteiger charge is 2.23. The minimum atomic E-state index is -0.145. The zero-order chi connectivity index (χ0) is 24.8. The Kier molecular flexibility index (Phi) is 8.42. The Hall–Kier alpha value is -2.89. The molecule has 0 bridgehead atoms. The third-order valence-corrected chi connectivity index (χ3v) is 7.21. The number of benzene rings is 1. The van der Waals surface area contributed by atoms with Crippen molar-refractivity contribution in [3.8, 4) is 0 Å². The van der Waals surface area contributed by atoms with Crippen LogP contribution in [0.1, 0.15) is 70.8 Å². The summed E-state index contributed by atoms with van der Waals surface area (Å²) >= 11 is 0. The van der Waals surface area contributed by atoms with Gasteiger partial charge in [0.1, 0.15) is 5.82 Å². The van der Waals surface area contributed by atoms with Gasteiger partial charge >= 0.3 is 0 Å². The SMILES string of the molecule is Cc1cc(N2C[C@H](C)C[C@@H](C)C2)nc2ccc(NC(=O)CCC(=O)NCCC3=CCCCC3)cc12. The van der Waals surface area contributed by atoms with E-state index in [0.717, 1.165) is 60.3 Å². The normalized spacial score (nSPS) is 20.4. The van der Waals surface area contributed by atoms with Crippen molar-refractivity contribution in [2.45, 2.75) is 72.1 Å². The van der Waals surface area contributed by atoms with Gasteiger partial charge in [-0.2, -0.15) is 0 Å². The second kappa shape index (κ2) is 11.7. The van der Waals surface area contributed by atoms with Crippen molar-refractivity contribution >= 4 is 34.2 Å². The van der Waals surface area contributed by atoms with E-state index in [-0.39, 0.29) is 24.7 Å². The predicted molar refractivity (Wildman–Crippen MR) is 144 cm³/mol. The summed E-state index contributed by atoms with van der Waals surface area (Å²) in [6, 6.07) is 8.02. The third-order valence-electron chi connectivity index (χ3n) is 7.21. The van der Waals surface area contributed by atoms with Crippen molar-refractivity contribution < 1.29 is 9.59 Å². The van der Waals surface area contributed by atoms with Crippen LogP contribution in [0.3, 0.4) is 0 Å². The maximum absolute atomic E-state index is 12.5. The molecular weight excluding hydrogens is 436 g/mol. The highest BCUT2D eigenvalue weighted by Crippen LogP contribution is 2.29. The maximum atomic E-state index is 12.5. The van der Waals surface area contributed by atoms with E-state index in [4.69, 9.17) is 4.98 Å². The van der Waals surface area contributed by atoms with Gasteiger partial charge in [0.05, 0.1) is 5.52 Å². The minimum Gasteiger partial charge on any atom is -0.356 e. The molecule has 0 unspecified atom stereocenters. The fourth-order valence-corrected chi connectivity index (χ4v) is 5.50. The van der Waals surface area contributed by atoms with Crippen LogP contribution in [0.5, 0.6) is 0 Å². The molecule has 1 aromatic heterocycles. The molecule has 2 amide bonds. The summed E-state index contributed by atoms with van der Waals surface area (Å²) in [5.74, 6) is 2.17. The molecular formula is C29H40N4O2. The lowest BCUT2D eigenvalue weighted by Gasteiger charge is -2.36. The molecule has 1 aliphatic heterocycles. The number of carbonyl (C=O) groups excluding carboxylic acids is 2. The molecule has 2 atom stereocenters. The van der Waals surface area contributed by atoms with E-state index in [1.807, 2.05) is 18.2 Å². The lowest BCUT2D eigenvalue weighted by atomic mass is 9.92. The number of nitrogens with zero attached hydrogens (tertiary/aromatic N) is 2. The summed E-state index contributed by atoms with van der Waals surface area (Å²) in [5, 5.41) is 6.94. The Morgan fingerprint density at radius 2 is 1.83 bits per heavy atom. The first-order valence-electron chi connectivity index (χ1n) is 13.3. The highest BCUT2D eigenvalue weighted by molar-refractivity contribution is 5.96. The van der Waals surface area contributed by atoms with Crippen LogP contribution >= 0.6 is 0 Å². The van der Waals surface area contributed by atoms with Crippen LogP contribution in [0, 0.1) is 18.8 Å².